The first-order valence-corrected chi connectivity index (χ1v) is 8.65. The summed E-state index contributed by atoms with van der Waals surface area (Å²) in [7, 11) is 0. The van der Waals surface area contributed by atoms with Crippen molar-refractivity contribution in [2.45, 2.75) is 0 Å². The highest BCUT2D eigenvalue weighted by Crippen LogP contribution is 2.21. The first kappa shape index (κ1) is 17.0. The van der Waals surface area contributed by atoms with E-state index >= 15 is 0 Å². The maximum atomic E-state index is 13.0. The number of carbonyl (C=O) groups excluding carboxylic acids is 1. The molecule has 0 fully saturated rings. The van der Waals surface area contributed by atoms with Crippen molar-refractivity contribution in [1.29, 1.82) is 0 Å². The fourth-order valence-electron chi connectivity index (χ4n) is 2.81. The summed E-state index contributed by atoms with van der Waals surface area (Å²) in [4.78, 5) is 30.3. The number of hydrogen-bond donors (Lipinski definition) is 1. The van der Waals surface area contributed by atoms with Gasteiger partial charge in [-0.05, 0) is 36.4 Å². The van der Waals surface area contributed by atoms with E-state index in [0.29, 0.717) is 32.9 Å². The zero-order valence-electron chi connectivity index (χ0n) is 14.1. The first-order valence-electron chi connectivity index (χ1n) is 8.27. The topological polar surface area (TPSA) is 64.0 Å². The SMILES string of the molecule is O=C(Nn1c(-c2cccc(Cl)c2)nc2ccccc2c1=O)c1ccccc1. The van der Waals surface area contributed by atoms with Crippen LogP contribution >= 0.6 is 11.6 Å². The summed E-state index contributed by atoms with van der Waals surface area (Å²) in [6, 6.07) is 22.7. The van der Waals surface area contributed by atoms with E-state index in [0.717, 1.165) is 0 Å². The van der Waals surface area contributed by atoms with Crippen molar-refractivity contribution in [3.8, 4) is 11.4 Å². The number of halogens is 1. The Morgan fingerprint density at radius 2 is 1.67 bits per heavy atom. The highest BCUT2D eigenvalue weighted by molar-refractivity contribution is 6.30. The molecule has 27 heavy (non-hydrogen) atoms. The van der Waals surface area contributed by atoms with Gasteiger partial charge < -0.3 is 0 Å². The number of para-hydroxylation sites is 1. The van der Waals surface area contributed by atoms with Gasteiger partial charge in [0.1, 0.15) is 0 Å². The van der Waals surface area contributed by atoms with Gasteiger partial charge in [0.2, 0.25) is 0 Å². The third kappa shape index (κ3) is 3.32. The third-order valence-corrected chi connectivity index (χ3v) is 4.34. The number of benzene rings is 3. The lowest BCUT2D eigenvalue weighted by Crippen LogP contribution is -2.35. The molecule has 1 N–H and O–H groups in total. The van der Waals surface area contributed by atoms with Crippen LogP contribution < -0.4 is 11.0 Å². The lowest BCUT2D eigenvalue weighted by atomic mass is 10.2. The Morgan fingerprint density at radius 3 is 2.44 bits per heavy atom. The van der Waals surface area contributed by atoms with Gasteiger partial charge in [0.25, 0.3) is 11.5 Å². The molecular weight excluding hydrogens is 362 g/mol. The summed E-state index contributed by atoms with van der Waals surface area (Å²) in [6.45, 7) is 0. The van der Waals surface area contributed by atoms with E-state index in [4.69, 9.17) is 11.6 Å². The summed E-state index contributed by atoms with van der Waals surface area (Å²) in [5, 5.41) is 0.924. The van der Waals surface area contributed by atoms with Crippen LogP contribution in [-0.4, -0.2) is 15.6 Å². The number of hydrogen-bond acceptors (Lipinski definition) is 3. The Kier molecular flexibility index (Phi) is 4.44. The highest BCUT2D eigenvalue weighted by atomic mass is 35.5. The standard InChI is InChI=1S/C21H14ClN3O2/c22-16-10-6-9-15(13-16)19-23-18-12-5-4-11-17(18)21(27)25(19)24-20(26)14-7-2-1-3-8-14/h1-13H,(H,24,26). The van der Waals surface area contributed by atoms with Crippen LogP contribution in [0.4, 0.5) is 0 Å². The minimum atomic E-state index is -0.405. The molecule has 0 aliphatic heterocycles. The highest BCUT2D eigenvalue weighted by Gasteiger charge is 2.16. The minimum Gasteiger partial charge on any atom is -0.267 e. The molecule has 4 rings (SSSR count). The number of aromatic nitrogens is 2. The smallest absolute Gasteiger partial charge is 0.267 e. The van der Waals surface area contributed by atoms with E-state index in [2.05, 4.69) is 10.4 Å². The summed E-state index contributed by atoms with van der Waals surface area (Å²) in [5.74, 6) is -0.0939. The lowest BCUT2D eigenvalue weighted by molar-refractivity contribution is 0.101. The van der Waals surface area contributed by atoms with Crippen LogP contribution in [-0.2, 0) is 0 Å². The largest absolute Gasteiger partial charge is 0.280 e. The number of carbonyl (C=O) groups is 1. The Labute approximate surface area is 159 Å². The molecular formula is C21H14ClN3O2. The van der Waals surface area contributed by atoms with E-state index in [-0.39, 0.29) is 5.56 Å². The molecule has 0 spiro atoms. The fourth-order valence-corrected chi connectivity index (χ4v) is 3.00. The van der Waals surface area contributed by atoms with Crippen LogP contribution in [0.15, 0.2) is 83.7 Å². The van der Waals surface area contributed by atoms with Gasteiger partial charge in [0.05, 0.1) is 10.9 Å². The van der Waals surface area contributed by atoms with Crippen molar-refractivity contribution >= 4 is 28.4 Å². The number of fused-ring (bicyclic) bond motifs is 1. The minimum absolute atomic E-state index is 0.311. The van der Waals surface area contributed by atoms with E-state index in [1.54, 1.807) is 66.7 Å². The summed E-state index contributed by atoms with van der Waals surface area (Å²) >= 11 is 6.10. The van der Waals surface area contributed by atoms with Crippen molar-refractivity contribution in [2.75, 3.05) is 5.43 Å². The molecule has 132 valence electrons. The molecule has 0 aliphatic rings. The molecule has 0 unspecified atom stereocenters. The lowest BCUT2D eigenvalue weighted by Gasteiger charge is -2.15. The fraction of sp³-hybridized carbons (Fsp3) is 0. The van der Waals surface area contributed by atoms with Gasteiger partial charge in [0.15, 0.2) is 5.82 Å². The van der Waals surface area contributed by atoms with Crippen molar-refractivity contribution in [3.05, 3.63) is 99.8 Å². The summed E-state index contributed by atoms with van der Waals surface area (Å²) in [5.41, 5.74) is 3.91. The number of rotatable bonds is 3. The Balaban J connectivity index is 1.92. The quantitative estimate of drug-likeness (QED) is 0.586. The van der Waals surface area contributed by atoms with Gasteiger partial charge in [-0.15, -0.1) is 0 Å². The molecule has 4 aromatic rings. The molecule has 0 atom stereocenters. The maximum Gasteiger partial charge on any atom is 0.280 e. The normalized spacial score (nSPS) is 10.7. The second-order valence-electron chi connectivity index (χ2n) is 5.91. The second-order valence-corrected chi connectivity index (χ2v) is 6.35. The van der Waals surface area contributed by atoms with E-state index in [1.807, 2.05) is 12.1 Å². The van der Waals surface area contributed by atoms with Crippen molar-refractivity contribution in [2.24, 2.45) is 0 Å². The average molecular weight is 376 g/mol. The van der Waals surface area contributed by atoms with Crippen LogP contribution in [0.1, 0.15) is 10.4 Å². The van der Waals surface area contributed by atoms with Gasteiger partial charge in [-0.2, -0.15) is 4.68 Å². The van der Waals surface area contributed by atoms with Gasteiger partial charge in [-0.25, -0.2) is 4.98 Å². The molecule has 6 heteroatoms. The van der Waals surface area contributed by atoms with Crippen LogP contribution in [0, 0.1) is 0 Å². The van der Waals surface area contributed by atoms with E-state index in [1.165, 1.54) is 4.68 Å². The van der Waals surface area contributed by atoms with Gasteiger partial charge >= 0.3 is 0 Å². The van der Waals surface area contributed by atoms with Crippen LogP contribution in [0.5, 0.6) is 0 Å². The summed E-state index contributed by atoms with van der Waals surface area (Å²) < 4.78 is 1.17. The zero-order chi connectivity index (χ0) is 18.8. The third-order valence-electron chi connectivity index (χ3n) is 4.11. The predicted octanol–water partition coefficient (Wildman–Crippen LogP) is 4.10. The van der Waals surface area contributed by atoms with Crippen molar-refractivity contribution in [3.63, 3.8) is 0 Å². The zero-order valence-corrected chi connectivity index (χ0v) is 14.9. The summed E-state index contributed by atoms with van der Waals surface area (Å²) in [6.07, 6.45) is 0. The van der Waals surface area contributed by atoms with Crippen LogP contribution in [0.2, 0.25) is 5.02 Å². The number of nitrogens with one attached hydrogen (secondary N) is 1. The van der Waals surface area contributed by atoms with Crippen molar-refractivity contribution < 1.29 is 4.79 Å². The molecule has 0 radical (unpaired) electrons. The van der Waals surface area contributed by atoms with Crippen LogP contribution in [0.3, 0.4) is 0 Å². The molecule has 0 saturated heterocycles. The molecule has 1 amide bonds. The second kappa shape index (κ2) is 7.05. The van der Waals surface area contributed by atoms with Crippen LogP contribution in [0.25, 0.3) is 22.3 Å². The maximum absolute atomic E-state index is 13.0. The Morgan fingerprint density at radius 1 is 0.926 bits per heavy atom. The van der Waals surface area contributed by atoms with Gasteiger partial charge in [0, 0.05) is 16.1 Å². The monoisotopic (exact) mass is 375 g/mol. The molecule has 3 aromatic carbocycles. The number of nitrogens with zero attached hydrogens (tertiary/aromatic N) is 2. The average Bonchev–Trinajstić information content (AvgIpc) is 2.70. The van der Waals surface area contributed by atoms with E-state index < -0.39 is 5.91 Å². The number of amides is 1. The molecule has 0 saturated carbocycles. The molecule has 0 aliphatic carbocycles. The van der Waals surface area contributed by atoms with E-state index in [9.17, 15) is 9.59 Å². The first-order chi connectivity index (χ1) is 13.1. The Bertz CT molecular complexity index is 1200. The molecule has 5 nitrogen and oxygen atoms in total. The van der Waals surface area contributed by atoms with Crippen molar-refractivity contribution in [1.82, 2.24) is 9.66 Å². The predicted molar refractivity (Wildman–Crippen MR) is 107 cm³/mol. The molecule has 0 bridgehead atoms. The molecule has 1 heterocycles. The van der Waals surface area contributed by atoms with Gasteiger partial charge in [-0.1, -0.05) is 54.1 Å². The Hall–Kier alpha value is -3.44. The molecule has 1 aromatic heterocycles. The van der Waals surface area contributed by atoms with Gasteiger partial charge in [-0.3, -0.25) is 15.0 Å².